The van der Waals surface area contributed by atoms with E-state index in [-0.39, 0.29) is 5.82 Å². The van der Waals surface area contributed by atoms with Gasteiger partial charge in [0, 0.05) is 22.7 Å². The molecule has 0 saturated heterocycles. The Morgan fingerprint density at radius 2 is 2.04 bits per heavy atom. The number of hydrogen-bond acceptors (Lipinski definition) is 3. The van der Waals surface area contributed by atoms with Crippen molar-refractivity contribution in [3.8, 4) is 11.3 Å². The molecule has 0 radical (unpaired) electrons. The summed E-state index contributed by atoms with van der Waals surface area (Å²) in [6.07, 6.45) is 4.87. The first-order valence-corrected chi connectivity index (χ1v) is 9.01. The minimum Gasteiger partial charge on any atom is -0.367 e. The van der Waals surface area contributed by atoms with Crippen LogP contribution in [0.15, 0.2) is 23.6 Å². The minimum atomic E-state index is -0.214. The molecule has 1 N–H and O–H groups in total. The number of imidazole rings is 1. The molecule has 0 atom stereocenters. The van der Waals surface area contributed by atoms with Crippen LogP contribution in [0, 0.1) is 19.7 Å². The number of halogens is 1. The molecule has 3 aromatic rings. The molecule has 0 unspecified atom stereocenters. The summed E-state index contributed by atoms with van der Waals surface area (Å²) < 4.78 is 16.5. The van der Waals surface area contributed by atoms with Crippen LogP contribution >= 0.6 is 11.3 Å². The maximum absolute atomic E-state index is 14.4. The molecule has 23 heavy (non-hydrogen) atoms. The molecule has 0 amide bonds. The van der Waals surface area contributed by atoms with Crippen molar-refractivity contribution in [3.05, 3.63) is 40.7 Å². The molecule has 1 aliphatic carbocycles. The van der Waals surface area contributed by atoms with Gasteiger partial charge >= 0.3 is 0 Å². The van der Waals surface area contributed by atoms with Gasteiger partial charge in [-0.2, -0.15) is 0 Å². The number of fused-ring (bicyclic) bond motifs is 1. The third-order valence-electron chi connectivity index (χ3n) is 4.61. The summed E-state index contributed by atoms with van der Waals surface area (Å²) in [5.41, 5.74) is 3.49. The number of aryl methyl sites for hydroxylation is 2. The van der Waals surface area contributed by atoms with Crippen molar-refractivity contribution in [1.29, 1.82) is 0 Å². The Bertz CT molecular complexity index is 859. The predicted molar refractivity (Wildman–Crippen MR) is 93.8 cm³/mol. The Kier molecular flexibility index (Phi) is 3.60. The van der Waals surface area contributed by atoms with Crippen LogP contribution in [-0.4, -0.2) is 15.4 Å². The number of aromatic nitrogens is 2. The Morgan fingerprint density at radius 1 is 1.26 bits per heavy atom. The largest absolute Gasteiger partial charge is 0.367 e. The fourth-order valence-corrected chi connectivity index (χ4v) is 4.27. The normalized spacial score (nSPS) is 15.6. The summed E-state index contributed by atoms with van der Waals surface area (Å²) in [4.78, 5) is 5.64. The lowest BCUT2D eigenvalue weighted by Gasteiger charge is -2.15. The maximum Gasteiger partial charge on any atom is 0.196 e. The van der Waals surface area contributed by atoms with Crippen LogP contribution in [0.25, 0.3) is 16.2 Å². The van der Waals surface area contributed by atoms with Crippen LogP contribution in [0.1, 0.15) is 36.9 Å². The first-order valence-electron chi connectivity index (χ1n) is 8.13. The van der Waals surface area contributed by atoms with Crippen LogP contribution in [0.5, 0.6) is 0 Å². The second-order valence-corrected chi connectivity index (χ2v) is 7.25. The fraction of sp³-hybridized carbons (Fsp3) is 0.389. The van der Waals surface area contributed by atoms with Gasteiger partial charge in [-0.1, -0.05) is 24.5 Å². The van der Waals surface area contributed by atoms with Gasteiger partial charge in [-0.15, -0.1) is 11.3 Å². The quantitative estimate of drug-likeness (QED) is 0.718. The van der Waals surface area contributed by atoms with E-state index in [4.69, 9.17) is 4.98 Å². The van der Waals surface area contributed by atoms with E-state index in [1.807, 2.05) is 13.0 Å². The summed E-state index contributed by atoms with van der Waals surface area (Å²) in [6, 6.07) is 5.68. The van der Waals surface area contributed by atoms with Gasteiger partial charge in [-0.25, -0.2) is 9.37 Å². The highest BCUT2D eigenvalue weighted by Gasteiger charge is 2.23. The van der Waals surface area contributed by atoms with Crippen molar-refractivity contribution in [2.24, 2.45) is 0 Å². The van der Waals surface area contributed by atoms with E-state index < -0.39 is 0 Å². The third kappa shape index (κ3) is 2.53. The van der Waals surface area contributed by atoms with Gasteiger partial charge < -0.3 is 5.32 Å². The third-order valence-corrected chi connectivity index (χ3v) is 5.55. The monoisotopic (exact) mass is 329 g/mol. The minimum absolute atomic E-state index is 0.214. The van der Waals surface area contributed by atoms with Crippen molar-refractivity contribution >= 4 is 22.1 Å². The molecule has 4 rings (SSSR count). The molecule has 2 aromatic heterocycles. The molecular weight excluding hydrogens is 309 g/mol. The van der Waals surface area contributed by atoms with E-state index >= 15 is 0 Å². The van der Waals surface area contributed by atoms with E-state index in [1.54, 1.807) is 17.4 Å². The second kappa shape index (κ2) is 5.64. The molecule has 120 valence electrons. The molecule has 1 aromatic carbocycles. The van der Waals surface area contributed by atoms with Crippen LogP contribution < -0.4 is 5.32 Å². The van der Waals surface area contributed by atoms with Gasteiger partial charge in [0.15, 0.2) is 4.96 Å². The number of rotatable bonds is 3. The summed E-state index contributed by atoms with van der Waals surface area (Å²) in [6.45, 7) is 4.05. The van der Waals surface area contributed by atoms with Crippen molar-refractivity contribution < 1.29 is 4.39 Å². The van der Waals surface area contributed by atoms with Crippen molar-refractivity contribution in [3.63, 3.8) is 0 Å². The van der Waals surface area contributed by atoms with Gasteiger partial charge in [0.1, 0.15) is 17.3 Å². The van der Waals surface area contributed by atoms with Crippen LogP contribution in [0.3, 0.4) is 0 Å². The van der Waals surface area contributed by atoms with Gasteiger partial charge in [0.2, 0.25) is 0 Å². The van der Waals surface area contributed by atoms with Crippen molar-refractivity contribution in [2.45, 2.75) is 45.6 Å². The second-order valence-electron chi connectivity index (χ2n) is 6.41. The SMILES string of the molecule is Cc1ccc(F)c(-c2nc3scc(C)n3c2NC2CCCC2)c1. The highest BCUT2D eigenvalue weighted by Crippen LogP contribution is 2.35. The number of thiazole rings is 1. The average Bonchev–Trinajstić information content (AvgIpc) is 3.23. The van der Waals surface area contributed by atoms with E-state index in [0.717, 1.165) is 27.7 Å². The van der Waals surface area contributed by atoms with Crippen LogP contribution in [0.2, 0.25) is 0 Å². The molecule has 2 heterocycles. The van der Waals surface area contributed by atoms with E-state index in [0.29, 0.717) is 11.6 Å². The zero-order valence-electron chi connectivity index (χ0n) is 13.4. The molecular formula is C18H20FN3S. The molecule has 1 saturated carbocycles. The molecule has 0 aliphatic heterocycles. The first kappa shape index (κ1) is 14.7. The summed E-state index contributed by atoms with van der Waals surface area (Å²) in [5, 5.41) is 5.74. The van der Waals surface area contributed by atoms with Gasteiger partial charge in [0.25, 0.3) is 0 Å². The van der Waals surface area contributed by atoms with Gasteiger partial charge in [-0.05, 0) is 38.8 Å². The van der Waals surface area contributed by atoms with Gasteiger partial charge in [-0.3, -0.25) is 4.40 Å². The zero-order valence-corrected chi connectivity index (χ0v) is 14.2. The number of benzene rings is 1. The van der Waals surface area contributed by atoms with E-state index in [1.165, 1.54) is 31.7 Å². The molecule has 3 nitrogen and oxygen atoms in total. The summed E-state index contributed by atoms with van der Waals surface area (Å²) in [5.74, 6) is 0.726. The topological polar surface area (TPSA) is 29.3 Å². The number of nitrogens with zero attached hydrogens (tertiary/aromatic N) is 2. The molecule has 1 fully saturated rings. The lowest BCUT2D eigenvalue weighted by molar-refractivity contribution is 0.630. The Balaban J connectivity index is 1.89. The number of anilines is 1. The Hall–Kier alpha value is -1.88. The standard InChI is InChI=1S/C18H20FN3S/c1-11-7-8-15(19)14(9-11)16-17(20-13-5-3-4-6-13)22-12(2)10-23-18(22)21-16/h7-10,13,20H,3-6H2,1-2H3. The van der Waals surface area contributed by atoms with E-state index in [2.05, 4.69) is 22.0 Å². The van der Waals surface area contributed by atoms with Gasteiger partial charge in [0.05, 0.1) is 0 Å². The fourth-order valence-electron chi connectivity index (χ4n) is 3.40. The zero-order chi connectivity index (χ0) is 16.0. The lowest BCUT2D eigenvalue weighted by atomic mass is 10.1. The van der Waals surface area contributed by atoms with Crippen molar-refractivity contribution in [2.75, 3.05) is 5.32 Å². The van der Waals surface area contributed by atoms with Crippen LogP contribution in [0.4, 0.5) is 10.2 Å². The lowest BCUT2D eigenvalue weighted by Crippen LogP contribution is -2.16. The smallest absolute Gasteiger partial charge is 0.196 e. The Morgan fingerprint density at radius 3 is 2.83 bits per heavy atom. The maximum atomic E-state index is 14.4. The predicted octanol–water partition coefficient (Wildman–Crippen LogP) is 5.17. The van der Waals surface area contributed by atoms with Crippen molar-refractivity contribution in [1.82, 2.24) is 9.38 Å². The number of nitrogens with one attached hydrogen (secondary N) is 1. The van der Waals surface area contributed by atoms with E-state index in [9.17, 15) is 4.39 Å². The first-order chi connectivity index (χ1) is 11.1. The van der Waals surface area contributed by atoms with Crippen LogP contribution in [-0.2, 0) is 0 Å². The highest BCUT2D eigenvalue weighted by atomic mass is 32.1. The summed E-state index contributed by atoms with van der Waals surface area (Å²) >= 11 is 1.60. The highest BCUT2D eigenvalue weighted by molar-refractivity contribution is 7.15. The summed E-state index contributed by atoms with van der Waals surface area (Å²) in [7, 11) is 0. The molecule has 1 aliphatic rings. The molecule has 0 bridgehead atoms. The molecule has 0 spiro atoms. The molecule has 5 heteroatoms. The number of hydrogen-bond donors (Lipinski definition) is 1. The average molecular weight is 329 g/mol. The Labute approximate surface area is 139 Å².